The molecule has 0 bridgehead atoms. The van der Waals surface area contributed by atoms with Gasteiger partial charge in [-0.2, -0.15) is 0 Å². The predicted octanol–water partition coefficient (Wildman–Crippen LogP) is 3.97. The second-order valence-corrected chi connectivity index (χ2v) is 4.90. The topological polar surface area (TPSA) is 38.3 Å². The van der Waals surface area contributed by atoms with Crippen molar-refractivity contribution in [2.75, 3.05) is 12.4 Å². The summed E-state index contributed by atoms with van der Waals surface area (Å²) in [5.74, 6) is -0.334. The maximum atomic E-state index is 12.0. The van der Waals surface area contributed by atoms with Gasteiger partial charge >= 0.3 is 5.97 Å². The number of aryl methyl sites for hydroxylation is 1. The zero-order valence-electron chi connectivity index (χ0n) is 11.4. The van der Waals surface area contributed by atoms with Crippen molar-refractivity contribution >= 4 is 23.3 Å². The fourth-order valence-corrected chi connectivity index (χ4v) is 2.27. The lowest BCUT2D eigenvalue weighted by Gasteiger charge is -2.20. The zero-order valence-corrected chi connectivity index (χ0v) is 12.1. The van der Waals surface area contributed by atoms with Crippen LogP contribution in [-0.2, 0) is 9.53 Å². The summed E-state index contributed by atoms with van der Waals surface area (Å²) in [5, 5.41) is 3.84. The molecule has 2 aromatic carbocycles. The van der Waals surface area contributed by atoms with E-state index in [0.29, 0.717) is 5.02 Å². The van der Waals surface area contributed by atoms with E-state index in [1.54, 1.807) is 6.07 Å². The van der Waals surface area contributed by atoms with Crippen LogP contribution in [0.15, 0.2) is 48.5 Å². The number of methoxy groups -OCH3 is 1. The number of para-hydroxylation sites is 1. The molecule has 0 saturated carbocycles. The fraction of sp³-hybridized carbons (Fsp3) is 0.188. The summed E-state index contributed by atoms with van der Waals surface area (Å²) in [6.07, 6.45) is 0. The molecule has 4 heteroatoms. The molecule has 0 saturated heterocycles. The van der Waals surface area contributed by atoms with Crippen LogP contribution in [-0.4, -0.2) is 13.1 Å². The molecule has 104 valence electrons. The molecule has 0 aromatic heterocycles. The van der Waals surface area contributed by atoms with Crippen LogP contribution >= 0.6 is 11.6 Å². The van der Waals surface area contributed by atoms with Crippen LogP contribution in [0, 0.1) is 6.92 Å². The van der Waals surface area contributed by atoms with Gasteiger partial charge in [-0.15, -0.1) is 0 Å². The number of esters is 1. The Labute approximate surface area is 123 Å². The van der Waals surface area contributed by atoms with E-state index >= 15 is 0 Å². The lowest BCUT2D eigenvalue weighted by Crippen LogP contribution is -2.23. The highest BCUT2D eigenvalue weighted by molar-refractivity contribution is 6.30. The van der Waals surface area contributed by atoms with Crippen LogP contribution in [0.2, 0.25) is 5.02 Å². The van der Waals surface area contributed by atoms with Gasteiger partial charge in [-0.25, -0.2) is 4.79 Å². The molecule has 1 N–H and O–H groups in total. The summed E-state index contributed by atoms with van der Waals surface area (Å²) in [6, 6.07) is 14.4. The summed E-state index contributed by atoms with van der Waals surface area (Å²) in [5.41, 5.74) is 2.65. The van der Waals surface area contributed by atoms with Crippen molar-refractivity contribution in [3.63, 3.8) is 0 Å². The number of nitrogens with one attached hydrogen (secondary N) is 1. The number of halogens is 1. The van der Waals surface area contributed by atoms with E-state index in [1.807, 2.05) is 49.4 Å². The van der Waals surface area contributed by atoms with Gasteiger partial charge in [0.1, 0.15) is 0 Å². The minimum Gasteiger partial charge on any atom is -0.467 e. The SMILES string of the molecule is COC(=O)C(Nc1ccccc1)c1ccc(Cl)cc1C. The molecule has 0 fully saturated rings. The Balaban J connectivity index is 2.35. The predicted molar refractivity (Wildman–Crippen MR) is 81.0 cm³/mol. The first kappa shape index (κ1) is 14.4. The van der Waals surface area contributed by atoms with Crippen molar-refractivity contribution in [3.8, 4) is 0 Å². The van der Waals surface area contributed by atoms with E-state index in [1.165, 1.54) is 7.11 Å². The van der Waals surface area contributed by atoms with Crippen molar-refractivity contribution < 1.29 is 9.53 Å². The minimum absolute atomic E-state index is 0.334. The van der Waals surface area contributed by atoms with E-state index in [2.05, 4.69) is 5.32 Å². The highest BCUT2D eigenvalue weighted by Crippen LogP contribution is 2.25. The lowest BCUT2D eigenvalue weighted by atomic mass is 10.0. The van der Waals surface area contributed by atoms with Crippen molar-refractivity contribution in [3.05, 3.63) is 64.7 Å². The van der Waals surface area contributed by atoms with Crippen LogP contribution < -0.4 is 5.32 Å². The Bertz CT molecular complexity index is 599. The molecule has 0 aliphatic heterocycles. The summed E-state index contributed by atoms with van der Waals surface area (Å²) >= 11 is 5.96. The Morgan fingerprint density at radius 3 is 2.50 bits per heavy atom. The Kier molecular flexibility index (Phi) is 4.64. The maximum absolute atomic E-state index is 12.0. The first-order chi connectivity index (χ1) is 9.61. The molecule has 1 unspecified atom stereocenters. The van der Waals surface area contributed by atoms with Gasteiger partial charge in [0.15, 0.2) is 6.04 Å². The molecule has 2 rings (SSSR count). The normalized spacial score (nSPS) is 11.8. The number of ether oxygens (including phenoxy) is 1. The molecule has 3 nitrogen and oxygen atoms in total. The Hall–Kier alpha value is -2.00. The molecular weight excluding hydrogens is 274 g/mol. The van der Waals surface area contributed by atoms with Crippen molar-refractivity contribution in [2.45, 2.75) is 13.0 Å². The third-order valence-electron chi connectivity index (χ3n) is 3.06. The van der Waals surface area contributed by atoms with Crippen molar-refractivity contribution in [2.24, 2.45) is 0 Å². The van der Waals surface area contributed by atoms with Gasteiger partial charge in [-0.1, -0.05) is 35.9 Å². The van der Waals surface area contributed by atoms with Crippen LogP contribution in [0.25, 0.3) is 0 Å². The summed E-state index contributed by atoms with van der Waals surface area (Å²) < 4.78 is 4.89. The molecular formula is C16H16ClNO2. The van der Waals surface area contributed by atoms with Crippen LogP contribution in [0.5, 0.6) is 0 Å². The summed E-state index contributed by atoms with van der Waals surface area (Å²) in [6.45, 7) is 1.92. The lowest BCUT2D eigenvalue weighted by molar-refractivity contribution is -0.141. The largest absolute Gasteiger partial charge is 0.467 e. The summed E-state index contributed by atoms with van der Waals surface area (Å²) in [4.78, 5) is 12.0. The van der Waals surface area contributed by atoms with E-state index in [4.69, 9.17) is 16.3 Å². The smallest absolute Gasteiger partial charge is 0.332 e. The van der Waals surface area contributed by atoms with Gasteiger partial charge in [0.05, 0.1) is 7.11 Å². The molecule has 2 aromatic rings. The van der Waals surface area contributed by atoms with Crippen LogP contribution in [0.4, 0.5) is 5.69 Å². The first-order valence-corrected chi connectivity index (χ1v) is 6.65. The van der Waals surface area contributed by atoms with Gasteiger partial charge in [-0.05, 0) is 42.3 Å². The van der Waals surface area contributed by atoms with E-state index in [9.17, 15) is 4.79 Å². The van der Waals surface area contributed by atoms with Crippen molar-refractivity contribution in [1.82, 2.24) is 0 Å². The van der Waals surface area contributed by atoms with Gasteiger partial charge < -0.3 is 10.1 Å². The number of carbonyl (C=O) groups excluding carboxylic acids is 1. The number of hydrogen-bond donors (Lipinski definition) is 1. The number of hydrogen-bond acceptors (Lipinski definition) is 3. The summed E-state index contributed by atoms with van der Waals surface area (Å²) in [7, 11) is 1.38. The van der Waals surface area contributed by atoms with Crippen LogP contribution in [0.3, 0.4) is 0 Å². The van der Waals surface area contributed by atoms with Gasteiger partial charge in [0.2, 0.25) is 0 Å². The molecule has 1 atom stereocenters. The van der Waals surface area contributed by atoms with E-state index < -0.39 is 6.04 Å². The van der Waals surface area contributed by atoms with Gasteiger partial charge in [-0.3, -0.25) is 0 Å². The maximum Gasteiger partial charge on any atom is 0.332 e. The Morgan fingerprint density at radius 2 is 1.90 bits per heavy atom. The monoisotopic (exact) mass is 289 g/mol. The van der Waals surface area contributed by atoms with Crippen molar-refractivity contribution in [1.29, 1.82) is 0 Å². The second-order valence-electron chi connectivity index (χ2n) is 4.47. The molecule has 0 spiro atoms. The number of anilines is 1. The molecule has 0 aliphatic carbocycles. The van der Waals surface area contributed by atoms with E-state index in [0.717, 1.165) is 16.8 Å². The van der Waals surface area contributed by atoms with E-state index in [-0.39, 0.29) is 5.97 Å². The molecule has 0 heterocycles. The molecule has 0 radical (unpaired) electrons. The van der Waals surface area contributed by atoms with Crippen LogP contribution in [0.1, 0.15) is 17.2 Å². The Morgan fingerprint density at radius 1 is 1.20 bits per heavy atom. The fourth-order valence-electron chi connectivity index (χ4n) is 2.05. The first-order valence-electron chi connectivity index (χ1n) is 6.27. The number of benzene rings is 2. The molecule has 0 aliphatic rings. The van der Waals surface area contributed by atoms with Gasteiger partial charge in [0, 0.05) is 10.7 Å². The number of rotatable bonds is 4. The quantitative estimate of drug-likeness (QED) is 0.866. The third-order valence-corrected chi connectivity index (χ3v) is 3.30. The average molecular weight is 290 g/mol. The third kappa shape index (κ3) is 3.31. The average Bonchev–Trinajstić information content (AvgIpc) is 2.46. The second kappa shape index (κ2) is 6.44. The minimum atomic E-state index is -0.556. The zero-order chi connectivity index (χ0) is 14.5. The van der Waals surface area contributed by atoms with Gasteiger partial charge in [0.25, 0.3) is 0 Å². The molecule has 20 heavy (non-hydrogen) atoms. The highest BCUT2D eigenvalue weighted by atomic mass is 35.5. The number of carbonyl (C=O) groups is 1. The highest BCUT2D eigenvalue weighted by Gasteiger charge is 2.23. The standard InChI is InChI=1S/C16H16ClNO2/c1-11-10-12(17)8-9-14(11)15(16(19)20-2)18-13-6-4-3-5-7-13/h3-10,15,18H,1-2H3. The molecule has 0 amide bonds.